The number of carbonyl (C=O) groups excluding carboxylic acids is 2. The minimum Gasteiger partial charge on any atom is -0.453 e. The number of aryl methyl sites for hydroxylation is 2. The summed E-state index contributed by atoms with van der Waals surface area (Å²) in [6.07, 6.45) is 3.72. The minimum absolute atomic E-state index is 0.0494. The Labute approximate surface area is 147 Å². The predicted octanol–water partition coefficient (Wildman–Crippen LogP) is 1.99. The third kappa shape index (κ3) is 4.48. The number of hydrogen-bond acceptors (Lipinski definition) is 5. The van der Waals surface area contributed by atoms with Crippen LogP contribution in [-0.2, 0) is 37.0 Å². The second-order valence-electron chi connectivity index (χ2n) is 6.58. The topological polar surface area (TPSA) is 89.5 Å². The average Bonchev–Trinajstić information content (AvgIpc) is 3.12. The molecule has 0 saturated heterocycles. The zero-order valence-electron chi connectivity index (χ0n) is 14.0. The number of fused-ring (bicyclic) bond motifs is 1. The van der Waals surface area contributed by atoms with Crippen molar-refractivity contribution in [1.29, 1.82) is 0 Å². The van der Waals surface area contributed by atoms with E-state index in [9.17, 15) is 18.0 Å². The molecule has 2 atom stereocenters. The van der Waals surface area contributed by atoms with Gasteiger partial charge in [-0.05, 0) is 49.4 Å². The van der Waals surface area contributed by atoms with E-state index in [0.29, 0.717) is 5.69 Å². The summed E-state index contributed by atoms with van der Waals surface area (Å²) >= 11 is 0. The first-order chi connectivity index (χ1) is 11.8. The van der Waals surface area contributed by atoms with Gasteiger partial charge in [0, 0.05) is 17.0 Å². The predicted molar refractivity (Wildman–Crippen MR) is 93.7 cm³/mol. The van der Waals surface area contributed by atoms with Crippen LogP contribution in [0.3, 0.4) is 0 Å². The van der Waals surface area contributed by atoms with E-state index in [1.54, 1.807) is 0 Å². The van der Waals surface area contributed by atoms with Crippen molar-refractivity contribution in [2.45, 2.75) is 38.7 Å². The van der Waals surface area contributed by atoms with Crippen molar-refractivity contribution < 1.29 is 22.7 Å². The quantitative estimate of drug-likeness (QED) is 0.808. The minimum atomic E-state index is -3.20. The van der Waals surface area contributed by atoms with Crippen LogP contribution in [0.25, 0.3) is 0 Å². The van der Waals surface area contributed by atoms with E-state index in [1.807, 2.05) is 18.2 Å². The highest BCUT2D eigenvalue weighted by Gasteiger charge is 2.26. The number of amides is 1. The summed E-state index contributed by atoms with van der Waals surface area (Å²) in [5, 5.41) is 3.88. The molecule has 6 nitrogen and oxygen atoms in total. The normalized spacial score (nSPS) is 21.6. The van der Waals surface area contributed by atoms with Gasteiger partial charge in [0.25, 0.3) is 5.91 Å². The number of sulfone groups is 1. The van der Waals surface area contributed by atoms with Crippen LogP contribution in [0.5, 0.6) is 0 Å². The average molecular weight is 363 g/mol. The van der Waals surface area contributed by atoms with Crippen LogP contribution in [0.4, 0.5) is 5.69 Å². The van der Waals surface area contributed by atoms with Gasteiger partial charge in [-0.3, -0.25) is 9.59 Å². The number of carbonyl (C=O) groups is 2. The molecule has 1 aromatic carbocycles. The van der Waals surface area contributed by atoms with Crippen molar-refractivity contribution in [2.24, 2.45) is 5.92 Å². The van der Waals surface area contributed by atoms with Crippen LogP contribution in [0.2, 0.25) is 0 Å². The van der Waals surface area contributed by atoms with E-state index in [4.69, 9.17) is 4.74 Å². The van der Waals surface area contributed by atoms with Gasteiger partial charge in [-0.1, -0.05) is 12.1 Å². The lowest BCUT2D eigenvalue weighted by Gasteiger charge is -2.15. The van der Waals surface area contributed by atoms with Gasteiger partial charge in [-0.15, -0.1) is 0 Å². The van der Waals surface area contributed by atoms with E-state index in [-0.39, 0.29) is 18.1 Å². The number of esters is 1. The van der Waals surface area contributed by atoms with Crippen molar-refractivity contribution in [3.05, 3.63) is 40.8 Å². The summed E-state index contributed by atoms with van der Waals surface area (Å²) in [4.78, 5) is 24.1. The van der Waals surface area contributed by atoms with Crippen molar-refractivity contribution >= 4 is 27.4 Å². The number of nitrogens with one attached hydrogen (secondary N) is 1. The zero-order chi connectivity index (χ0) is 18.0. The van der Waals surface area contributed by atoms with E-state index < -0.39 is 27.8 Å². The highest BCUT2D eigenvalue weighted by Crippen LogP contribution is 2.25. The summed E-state index contributed by atoms with van der Waals surface area (Å²) in [6.45, 7) is 1.50. The molecule has 0 spiro atoms. The standard InChI is InChI=1S/C18H21NO5S/c1-12(24-17(20)9-13-7-8-25(22,23)11-13)18(21)19-16-6-5-14-3-2-4-15(14)10-16/h5-8,10,12-13H,2-4,9,11H2,1H3,(H,19,21)/t12-,13-/m0/s1. The van der Waals surface area contributed by atoms with Gasteiger partial charge in [-0.2, -0.15) is 0 Å². The van der Waals surface area contributed by atoms with Crippen LogP contribution in [-0.4, -0.2) is 32.2 Å². The molecule has 0 radical (unpaired) electrons. The molecule has 1 N–H and O–H groups in total. The molecule has 0 unspecified atom stereocenters. The summed E-state index contributed by atoms with van der Waals surface area (Å²) in [5.41, 5.74) is 3.26. The van der Waals surface area contributed by atoms with Crippen LogP contribution in [0, 0.1) is 5.92 Å². The number of allylic oxidation sites excluding steroid dienone is 1. The van der Waals surface area contributed by atoms with Gasteiger partial charge in [0.05, 0.1) is 12.2 Å². The van der Waals surface area contributed by atoms with Gasteiger partial charge in [0.15, 0.2) is 15.9 Å². The third-order valence-electron chi connectivity index (χ3n) is 4.48. The van der Waals surface area contributed by atoms with E-state index >= 15 is 0 Å². The fourth-order valence-corrected chi connectivity index (χ4v) is 4.57. The molecule has 1 aliphatic heterocycles. The highest BCUT2D eigenvalue weighted by molar-refractivity contribution is 7.94. The van der Waals surface area contributed by atoms with Crippen LogP contribution in [0.1, 0.15) is 30.9 Å². The van der Waals surface area contributed by atoms with Crippen molar-refractivity contribution in [1.82, 2.24) is 0 Å². The van der Waals surface area contributed by atoms with Crippen molar-refractivity contribution in [3.8, 4) is 0 Å². The fourth-order valence-electron chi connectivity index (χ4n) is 3.17. The van der Waals surface area contributed by atoms with E-state index in [0.717, 1.165) is 24.7 Å². The Morgan fingerprint density at radius 2 is 2.04 bits per heavy atom. The maximum Gasteiger partial charge on any atom is 0.307 e. The molecule has 1 aliphatic carbocycles. The number of anilines is 1. The molecular weight excluding hydrogens is 342 g/mol. The van der Waals surface area contributed by atoms with Gasteiger partial charge in [0.1, 0.15) is 0 Å². The molecule has 0 bridgehead atoms. The van der Waals surface area contributed by atoms with Crippen LogP contribution < -0.4 is 5.32 Å². The highest BCUT2D eigenvalue weighted by atomic mass is 32.2. The second-order valence-corrected chi connectivity index (χ2v) is 8.51. The first-order valence-corrected chi connectivity index (χ1v) is 10.1. The Morgan fingerprint density at radius 1 is 1.28 bits per heavy atom. The van der Waals surface area contributed by atoms with Gasteiger partial charge >= 0.3 is 5.97 Å². The summed E-state index contributed by atoms with van der Waals surface area (Å²) in [5.74, 6) is -1.45. The van der Waals surface area contributed by atoms with Gasteiger partial charge in [-0.25, -0.2) is 8.42 Å². The SMILES string of the molecule is C[C@H](OC(=O)C[C@@H]1C=CS(=O)(=O)C1)C(=O)Nc1ccc2c(c1)CCC2. The number of ether oxygens (including phenoxy) is 1. The van der Waals surface area contributed by atoms with Crippen molar-refractivity contribution in [2.75, 3.05) is 11.1 Å². The Morgan fingerprint density at radius 3 is 2.76 bits per heavy atom. The van der Waals surface area contributed by atoms with E-state index in [2.05, 4.69) is 5.32 Å². The van der Waals surface area contributed by atoms with Crippen LogP contribution >= 0.6 is 0 Å². The maximum atomic E-state index is 12.2. The molecule has 2 aliphatic rings. The second kappa shape index (κ2) is 7.00. The zero-order valence-corrected chi connectivity index (χ0v) is 14.8. The van der Waals surface area contributed by atoms with Crippen molar-refractivity contribution in [3.63, 3.8) is 0 Å². The first kappa shape index (κ1) is 17.7. The maximum absolute atomic E-state index is 12.2. The molecule has 25 heavy (non-hydrogen) atoms. The summed E-state index contributed by atoms with van der Waals surface area (Å²) in [7, 11) is -3.20. The monoisotopic (exact) mass is 363 g/mol. The molecule has 1 aromatic rings. The lowest BCUT2D eigenvalue weighted by molar-refractivity contribution is -0.153. The first-order valence-electron chi connectivity index (χ1n) is 8.35. The third-order valence-corrected chi connectivity index (χ3v) is 5.94. The number of hydrogen-bond donors (Lipinski definition) is 1. The largest absolute Gasteiger partial charge is 0.453 e. The summed E-state index contributed by atoms with van der Waals surface area (Å²) < 4.78 is 27.8. The summed E-state index contributed by atoms with van der Waals surface area (Å²) in [6, 6.07) is 5.83. The number of benzene rings is 1. The number of rotatable bonds is 5. The molecule has 0 fully saturated rings. The van der Waals surface area contributed by atoms with Gasteiger partial charge in [0.2, 0.25) is 0 Å². The molecule has 0 aromatic heterocycles. The van der Waals surface area contributed by atoms with Crippen LogP contribution in [0.15, 0.2) is 29.7 Å². The molecule has 1 heterocycles. The Kier molecular flexibility index (Phi) is 4.94. The molecule has 0 saturated carbocycles. The molecule has 1 amide bonds. The fraction of sp³-hybridized carbons (Fsp3) is 0.444. The lowest BCUT2D eigenvalue weighted by Crippen LogP contribution is -2.30. The lowest BCUT2D eigenvalue weighted by atomic mass is 10.1. The Hall–Kier alpha value is -2.15. The Balaban J connectivity index is 1.50. The molecule has 134 valence electrons. The Bertz CT molecular complexity index is 828. The molecular formula is C18H21NO5S. The smallest absolute Gasteiger partial charge is 0.307 e. The van der Waals surface area contributed by atoms with Gasteiger partial charge < -0.3 is 10.1 Å². The molecule has 7 heteroatoms. The molecule has 3 rings (SSSR count). The van der Waals surface area contributed by atoms with E-state index in [1.165, 1.54) is 24.1 Å².